The number of pyridine rings is 1. The van der Waals surface area contributed by atoms with Crippen molar-refractivity contribution in [3.8, 4) is 0 Å². The number of rotatable bonds is 5. The van der Waals surface area contributed by atoms with Gasteiger partial charge < -0.3 is 5.32 Å². The topological polar surface area (TPSA) is 42.0 Å². The summed E-state index contributed by atoms with van der Waals surface area (Å²) < 4.78 is 13.1. The molecule has 0 aromatic carbocycles. The summed E-state index contributed by atoms with van der Waals surface area (Å²) in [6, 6.07) is 1.36. The number of amides is 1. The third kappa shape index (κ3) is 4.14. The Morgan fingerprint density at radius 2 is 2.44 bits per heavy atom. The van der Waals surface area contributed by atoms with E-state index in [1.54, 1.807) is 0 Å². The molecule has 88 valence electrons. The predicted octanol–water partition coefficient (Wildman–Crippen LogP) is 2.36. The number of nitrogens with one attached hydrogen (secondary N) is 1. The molecule has 0 saturated carbocycles. The molecular formula is C11H14ClFN2O. The van der Waals surface area contributed by atoms with Crippen LogP contribution >= 0.6 is 11.6 Å². The lowest BCUT2D eigenvalue weighted by molar-refractivity contribution is 0.0949. The van der Waals surface area contributed by atoms with Gasteiger partial charge in [0.05, 0.1) is 11.8 Å². The van der Waals surface area contributed by atoms with Crippen LogP contribution in [-0.2, 0) is 0 Å². The number of aromatic nitrogens is 1. The van der Waals surface area contributed by atoms with Crippen molar-refractivity contribution in [3.63, 3.8) is 0 Å². The molecule has 0 radical (unpaired) electrons. The molecule has 0 spiro atoms. The maximum Gasteiger partial charge on any atom is 0.254 e. The van der Waals surface area contributed by atoms with E-state index in [0.717, 1.165) is 19.0 Å². The molecule has 0 bridgehead atoms. The van der Waals surface area contributed by atoms with Crippen LogP contribution in [0.3, 0.4) is 0 Å². The fraction of sp³-hybridized carbons (Fsp3) is 0.455. The lowest BCUT2D eigenvalue weighted by atomic mass is 10.2. The third-order valence-corrected chi connectivity index (χ3v) is 2.30. The molecule has 0 aliphatic carbocycles. The largest absolute Gasteiger partial charge is 0.352 e. The monoisotopic (exact) mass is 244 g/mol. The first-order chi connectivity index (χ1) is 7.61. The van der Waals surface area contributed by atoms with Crippen molar-refractivity contribution < 1.29 is 9.18 Å². The van der Waals surface area contributed by atoms with Gasteiger partial charge in [0.25, 0.3) is 5.91 Å². The zero-order chi connectivity index (χ0) is 12.0. The highest BCUT2D eigenvalue weighted by Crippen LogP contribution is 2.05. The minimum Gasteiger partial charge on any atom is -0.352 e. The van der Waals surface area contributed by atoms with Crippen LogP contribution in [0.25, 0.3) is 0 Å². The average molecular weight is 245 g/mol. The van der Waals surface area contributed by atoms with E-state index in [4.69, 9.17) is 11.6 Å². The summed E-state index contributed by atoms with van der Waals surface area (Å²) in [5.41, 5.74) is 0.0221. The molecule has 5 heteroatoms. The smallest absolute Gasteiger partial charge is 0.254 e. The molecule has 1 heterocycles. The van der Waals surface area contributed by atoms with Gasteiger partial charge in [-0.25, -0.2) is 4.39 Å². The number of alkyl halides is 1. The highest BCUT2D eigenvalue weighted by Gasteiger charge is 2.10. The number of carbonyl (C=O) groups is 1. The van der Waals surface area contributed by atoms with Crippen LogP contribution in [0.4, 0.5) is 4.39 Å². The van der Waals surface area contributed by atoms with E-state index in [1.807, 2.05) is 6.92 Å². The Balaban J connectivity index is 2.39. The first kappa shape index (κ1) is 12.9. The molecule has 0 fully saturated rings. The molecule has 1 aromatic heterocycles. The molecule has 1 unspecified atom stereocenters. The van der Waals surface area contributed by atoms with Gasteiger partial charge in [-0.05, 0) is 25.8 Å². The van der Waals surface area contributed by atoms with Gasteiger partial charge in [-0.3, -0.25) is 9.78 Å². The van der Waals surface area contributed by atoms with Crippen molar-refractivity contribution >= 4 is 17.5 Å². The van der Waals surface area contributed by atoms with E-state index in [0.29, 0.717) is 6.54 Å². The summed E-state index contributed by atoms with van der Waals surface area (Å²) in [5.74, 6) is -1.02. The molecule has 1 N–H and O–H groups in total. The highest BCUT2D eigenvalue weighted by atomic mass is 35.5. The molecule has 3 nitrogen and oxygen atoms in total. The van der Waals surface area contributed by atoms with Crippen LogP contribution in [-0.4, -0.2) is 22.8 Å². The van der Waals surface area contributed by atoms with E-state index < -0.39 is 11.7 Å². The zero-order valence-corrected chi connectivity index (χ0v) is 9.80. The predicted molar refractivity (Wildman–Crippen MR) is 61.1 cm³/mol. The van der Waals surface area contributed by atoms with E-state index in [-0.39, 0.29) is 10.9 Å². The standard InChI is InChI=1S/C11H14ClFN2O/c1-8(12)3-2-5-15-11(16)9-4-6-14-7-10(9)13/h4,6-8H,2-3,5H2,1H3,(H,15,16). The van der Waals surface area contributed by atoms with Crippen LogP contribution in [0, 0.1) is 5.82 Å². The van der Waals surface area contributed by atoms with Crippen molar-refractivity contribution in [2.75, 3.05) is 6.54 Å². The average Bonchev–Trinajstić information content (AvgIpc) is 2.24. The quantitative estimate of drug-likeness (QED) is 0.638. The Bertz CT molecular complexity index is 358. The molecule has 1 rings (SSSR count). The molecule has 1 amide bonds. The molecule has 16 heavy (non-hydrogen) atoms. The molecule has 1 atom stereocenters. The fourth-order valence-corrected chi connectivity index (χ4v) is 1.39. The lowest BCUT2D eigenvalue weighted by Gasteiger charge is -2.06. The second-order valence-corrected chi connectivity index (χ2v) is 4.28. The summed E-state index contributed by atoms with van der Waals surface area (Å²) in [4.78, 5) is 15.1. The van der Waals surface area contributed by atoms with E-state index in [2.05, 4.69) is 10.3 Å². The minimum atomic E-state index is -0.606. The van der Waals surface area contributed by atoms with E-state index in [1.165, 1.54) is 12.3 Å². The van der Waals surface area contributed by atoms with Gasteiger partial charge in [0.1, 0.15) is 0 Å². The van der Waals surface area contributed by atoms with Crippen molar-refractivity contribution in [3.05, 3.63) is 29.8 Å². The summed E-state index contributed by atoms with van der Waals surface area (Å²) in [7, 11) is 0. The molecule has 1 aromatic rings. The Hall–Kier alpha value is -1.16. The third-order valence-electron chi connectivity index (χ3n) is 2.08. The van der Waals surface area contributed by atoms with Crippen LogP contribution < -0.4 is 5.32 Å². The van der Waals surface area contributed by atoms with Crippen LogP contribution in [0.5, 0.6) is 0 Å². The maximum absolute atomic E-state index is 13.1. The first-order valence-electron chi connectivity index (χ1n) is 5.13. The van der Waals surface area contributed by atoms with Crippen molar-refractivity contribution in [1.29, 1.82) is 0 Å². The summed E-state index contributed by atoms with van der Waals surface area (Å²) in [6.45, 7) is 2.39. The van der Waals surface area contributed by atoms with E-state index in [9.17, 15) is 9.18 Å². The van der Waals surface area contributed by atoms with Crippen molar-refractivity contribution in [1.82, 2.24) is 10.3 Å². The Labute approximate surface area is 99.0 Å². The molecule has 0 aliphatic rings. The van der Waals surface area contributed by atoms with Gasteiger partial charge in [0.15, 0.2) is 5.82 Å². The van der Waals surface area contributed by atoms with Crippen LogP contribution in [0.15, 0.2) is 18.5 Å². The number of nitrogens with zero attached hydrogens (tertiary/aromatic N) is 1. The Morgan fingerprint density at radius 3 is 3.06 bits per heavy atom. The van der Waals surface area contributed by atoms with Crippen molar-refractivity contribution in [2.24, 2.45) is 0 Å². The summed E-state index contributed by atoms with van der Waals surface area (Å²) in [5, 5.41) is 2.72. The Morgan fingerprint density at radius 1 is 1.69 bits per heavy atom. The highest BCUT2D eigenvalue weighted by molar-refractivity contribution is 6.20. The number of carbonyl (C=O) groups excluding carboxylic acids is 1. The van der Waals surface area contributed by atoms with Gasteiger partial charge in [0.2, 0.25) is 0 Å². The van der Waals surface area contributed by atoms with Crippen molar-refractivity contribution in [2.45, 2.75) is 25.1 Å². The molecular weight excluding hydrogens is 231 g/mol. The SMILES string of the molecule is CC(Cl)CCCNC(=O)c1ccncc1F. The van der Waals surface area contributed by atoms with Gasteiger partial charge >= 0.3 is 0 Å². The second kappa shape index (κ2) is 6.43. The number of hydrogen-bond acceptors (Lipinski definition) is 2. The second-order valence-electron chi connectivity index (χ2n) is 3.53. The van der Waals surface area contributed by atoms with Gasteiger partial charge in [-0.1, -0.05) is 0 Å². The van der Waals surface area contributed by atoms with Gasteiger partial charge in [-0.15, -0.1) is 11.6 Å². The number of hydrogen-bond donors (Lipinski definition) is 1. The van der Waals surface area contributed by atoms with Crippen LogP contribution in [0.1, 0.15) is 30.1 Å². The normalized spacial score (nSPS) is 12.2. The summed E-state index contributed by atoms with van der Waals surface area (Å²) >= 11 is 5.75. The molecule has 0 aliphatic heterocycles. The van der Waals surface area contributed by atoms with Gasteiger partial charge in [-0.2, -0.15) is 0 Å². The minimum absolute atomic E-state index is 0.0221. The lowest BCUT2D eigenvalue weighted by Crippen LogP contribution is -2.25. The van der Waals surface area contributed by atoms with Crippen LogP contribution in [0.2, 0.25) is 0 Å². The first-order valence-corrected chi connectivity index (χ1v) is 5.56. The van der Waals surface area contributed by atoms with E-state index >= 15 is 0 Å². The fourth-order valence-electron chi connectivity index (χ4n) is 1.24. The maximum atomic E-state index is 13.1. The van der Waals surface area contributed by atoms with Gasteiger partial charge in [0, 0.05) is 18.1 Å². The zero-order valence-electron chi connectivity index (χ0n) is 9.04. The molecule has 0 saturated heterocycles. The number of halogens is 2. The Kier molecular flexibility index (Phi) is 5.19. The summed E-state index contributed by atoms with van der Waals surface area (Å²) in [6.07, 6.45) is 4.01.